The molecule has 0 saturated carbocycles. The quantitative estimate of drug-likeness (QED) is 0.749. The fraction of sp³-hybridized carbons (Fsp3) is 0.333. The Morgan fingerprint density at radius 2 is 1.45 bits per heavy atom. The second kappa shape index (κ2) is 8.11. The number of hydrogen-bond donors (Lipinski definition) is 0. The summed E-state index contributed by atoms with van der Waals surface area (Å²) in [6.07, 6.45) is 1.01. The lowest BCUT2D eigenvalue weighted by molar-refractivity contribution is 0.281. The number of benzene rings is 2. The third kappa shape index (κ3) is 4.97. The fourth-order valence-corrected chi connectivity index (χ4v) is 3.73. The van der Waals surface area contributed by atoms with Crippen LogP contribution < -0.4 is 0 Å². The summed E-state index contributed by atoms with van der Waals surface area (Å²) in [5, 5.41) is 0. The number of hydrogen-bond acceptors (Lipinski definition) is 3. The van der Waals surface area contributed by atoms with E-state index in [1.54, 1.807) is 24.3 Å². The molecule has 3 nitrogen and oxygen atoms in total. The zero-order chi connectivity index (χ0) is 15.8. The minimum atomic E-state index is -3.21. The van der Waals surface area contributed by atoms with Gasteiger partial charge in [0.05, 0.1) is 10.6 Å². The van der Waals surface area contributed by atoms with Gasteiger partial charge in [-0.25, -0.2) is 8.42 Å². The van der Waals surface area contributed by atoms with E-state index >= 15 is 0 Å². The van der Waals surface area contributed by atoms with Gasteiger partial charge in [-0.15, -0.1) is 0 Å². The molecule has 2 aromatic carbocycles. The first-order valence-corrected chi connectivity index (χ1v) is 9.31. The highest BCUT2D eigenvalue weighted by atomic mass is 32.2. The van der Waals surface area contributed by atoms with Crippen molar-refractivity contribution < 1.29 is 8.42 Å². The van der Waals surface area contributed by atoms with Gasteiger partial charge in [0.1, 0.15) is 0 Å². The molecule has 0 aliphatic heterocycles. The maximum absolute atomic E-state index is 12.4. The Balaban J connectivity index is 2.00. The Morgan fingerprint density at radius 3 is 2.05 bits per heavy atom. The van der Waals surface area contributed by atoms with E-state index < -0.39 is 9.84 Å². The Labute approximate surface area is 133 Å². The minimum Gasteiger partial charge on any atom is -0.298 e. The third-order valence-corrected chi connectivity index (χ3v) is 5.28. The van der Waals surface area contributed by atoms with Crippen molar-refractivity contribution >= 4 is 9.84 Å². The van der Waals surface area contributed by atoms with Crippen LogP contribution in [0.4, 0.5) is 0 Å². The molecule has 0 amide bonds. The summed E-state index contributed by atoms with van der Waals surface area (Å²) in [7, 11) is -3.21. The molecular weight excluding hydrogens is 294 g/mol. The lowest BCUT2D eigenvalue weighted by Gasteiger charge is -2.21. The lowest BCUT2D eigenvalue weighted by atomic mass is 10.2. The van der Waals surface area contributed by atoms with Gasteiger partial charge in [-0.3, -0.25) is 4.90 Å². The largest absolute Gasteiger partial charge is 0.298 e. The fourth-order valence-electron chi connectivity index (χ4n) is 2.42. The van der Waals surface area contributed by atoms with E-state index in [1.807, 2.05) is 24.3 Å². The van der Waals surface area contributed by atoms with Gasteiger partial charge in [0.15, 0.2) is 9.84 Å². The maximum atomic E-state index is 12.4. The smallest absolute Gasteiger partial charge is 0.179 e. The molecule has 2 rings (SSSR count). The molecule has 0 saturated heterocycles. The van der Waals surface area contributed by atoms with Crippen molar-refractivity contribution in [2.75, 3.05) is 18.8 Å². The molecule has 22 heavy (non-hydrogen) atoms. The normalized spacial score (nSPS) is 11.7. The van der Waals surface area contributed by atoms with Crippen LogP contribution >= 0.6 is 0 Å². The van der Waals surface area contributed by atoms with Gasteiger partial charge in [0.25, 0.3) is 0 Å². The Kier molecular flexibility index (Phi) is 6.16. The van der Waals surface area contributed by atoms with Gasteiger partial charge < -0.3 is 0 Å². The molecule has 0 bridgehead atoms. The zero-order valence-corrected chi connectivity index (χ0v) is 13.8. The minimum absolute atomic E-state index is 0.157. The summed E-state index contributed by atoms with van der Waals surface area (Å²) >= 11 is 0. The number of nitrogens with zero attached hydrogens (tertiary/aromatic N) is 1. The molecule has 118 valence electrons. The Hall–Kier alpha value is -1.65. The van der Waals surface area contributed by atoms with Crippen LogP contribution in [0, 0.1) is 0 Å². The van der Waals surface area contributed by atoms with Crippen molar-refractivity contribution in [3.63, 3.8) is 0 Å². The first-order valence-electron chi connectivity index (χ1n) is 7.66. The zero-order valence-electron chi connectivity index (χ0n) is 13.0. The molecule has 2 aromatic rings. The Morgan fingerprint density at radius 1 is 0.864 bits per heavy atom. The lowest BCUT2D eigenvalue weighted by Crippen LogP contribution is -2.29. The molecule has 0 spiro atoms. The second-order valence-corrected chi connectivity index (χ2v) is 7.50. The topological polar surface area (TPSA) is 37.4 Å². The first kappa shape index (κ1) is 16.7. The van der Waals surface area contributed by atoms with E-state index in [0.29, 0.717) is 11.4 Å². The highest BCUT2D eigenvalue weighted by Crippen LogP contribution is 2.12. The molecule has 0 radical (unpaired) electrons. The van der Waals surface area contributed by atoms with Gasteiger partial charge in [-0.1, -0.05) is 55.5 Å². The average molecular weight is 317 g/mol. The molecule has 0 unspecified atom stereocenters. The van der Waals surface area contributed by atoms with Crippen LogP contribution in [0.1, 0.15) is 18.9 Å². The molecule has 0 aliphatic carbocycles. The van der Waals surface area contributed by atoms with Crippen molar-refractivity contribution in [2.45, 2.75) is 24.8 Å². The van der Waals surface area contributed by atoms with E-state index in [9.17, 15) is 8.42 Å². The van der Waals surface area contributed by atoms with Crippen LogP contribution in [0.2, 0.25) is 0 Å². The SMILES string of the molecule is CCCN(CCS(=O)(=O)c1ccccc1)Cc1ccccc1. The summed E-state index contributed by atoms with van der Waals surface area (Å²) in [6.45, 7) is 4.36. The third-order valence-electron chi connectivity index (χ3n) is 3.57. The van der Waals surface area contributed by atoms with E-state index in [2.05, 4.69) is 24.0 Å². The Bertz CT molecular complexity index is 654. The van der Waals surface area contributed by atoms with Crippen LogP contribution in [0.3, 0.4) is 0 Å². The monoisotopic (exact) mass is 317 g/mol. The van der Waals surface area contributed by atoms with Gasteiger partial charge in [0.2, 0.25) is 0 Å². The molecule has 0 aromatic heterocycles. The average Bonchev–Trinajstić information content (AvgIpc) is 2.55. The van der Waals surface area contributed by atoms with Gasteiger partial charge >= 0.3 is 0 Å². The standard InChI is InChI=1S/C18H23NO2S/c1-2-13-19(16-17-9-5-3-6-10-17)14-15-22(20,21)18-11-7-4-8-12-18/h3-12H,2,13-16H2,1H3. The van der Waals surface area contributed by atoms with Crippen molar-refractivity contribution in [3.05, 3.63) is 66.2 Å². The van der Waals surface area contributed by atoms with Gasteiger partial charge in [-0.05, 0) is 30.7 Å². The second-order valence-electron chi connectivity index (χ2n) is 5.39. The van der Waals surface area contributed by atoms with E-state index in [0.717, 1.165) is 19.5 Å². The van der Waals surface area contributed by atoms with Crippen LogP contribution in [-0.2, 0) is 16.4 Å². The van der Waals surface area contributed by atoms with Crippen molar-refractivity contribution in [2.24, 2.45) is 0 Å². The van der Waals surface area contributed by atoms with Crippen molar-refractivity contribution in [1.29, 1.82) is 0 Å². The van der Waals surface area contributed by atoms with Crippen LogP contribution in [0.15, 0.2) is 65.6 Å². The van der Waals surface area contributed by atoms with E-state index in [-0.39, 0.29) is 5.75 Å². The highest BCUT2D eigenvalue weighted by Gasteiger charge is 2.16. The maximum Gasteiger partial charge on any atom is 0.179 e. The summed E-state index contributed by atoms with van der Waals surface area (Å²) in [5.41, 5.74) is 1.22. The molecule has 0 fully saturated rings. The van der Waals surface area contributed by atoms with E-state index in [1.165, 1.54) is 5.56 Å². The molecule has 0 N–H and O–H groups in total. The van der Waals surface area contributed by atoms with Crippen LogP contribution in [0.5, 0.6) is 0 Å². The van der Waals surface area contributed by atoms with Gasteiger partial charge in [0, 0.05) is 13.1 Å². The number of sulfone groups is 1. The number of rotatable bonds is 8. The highest BCUT2D eigenvalue weighted by molar-refractivity contribution is 7.91. The molecule has 0 heterocycles. The van der Waals surface area contributed by atoms with E-state index in [4.69, 9.17) is 0 Å². The first-order chi connectivity index (χ1) is 10.6. The predicted molar refractivity (Wildman–Crippen MR) is 90.5 cm³/mol. The summed E-state index contributed by atoms with van der Waals surface area (Å²) in [5.74, 6) is 0.157. The molecule has 4 heteroatoms. The van der Waals surface area contributed by atoms with Crippen molar-refractivity contribution in [1.82, 2.24) is 4.90 Å². The van der Waals surface area contributed by atoms with Crippen molar-refractivity contribution in [3.8, 4) is 0 Å². The molecule has 0 atom stereocenters. The predicted octanol–water partition coefficient (Wildman–Crippen LogP) is 3.37. The molecular formula is C18H23NO2S. The summed E-state index contributed by atoms with van der Waals surface area (Å²) in [6, 6.07) is 18.9. The molecule has 0 aliphatic rings. The van der Waals surface area contributed by atoms with Gasteiger partial charge in [-0.2, -0.15) is 0 Å². The van der Waals surface area contributed by atoms with Crippen LogP contribution in [0.25, 0.3) is 0 Å². The van der Waals surface area contributed by atoms with Crippen LogP contribution in [-0.4, -0.2) is 32.2 Å². The summed E-state index contributed by atoms with van der Waals surface area (Å²) < 4.78 is 24.7. The summed E-state index contributed by atoms with van der Waals surface area (Å²) in [4.78, 5) is 2.61.